The van der Waals surface area contributed by atoms with Crippen molar-refractivity contribution in [3.05, 3.63) is 71.0 Å². The van der Waals surface area contributed by atoms with Gasteiger partial charge in [0.2, 0.25) is 5.91 Å². The van der Waals surface area contributed by atoms with E-state index < -0.39 is 29.2 Å². The molecule has 1 N–H and O–H groups in total. The molecule has 1 atom stereocenters. The molecule has 3 aromatic rings. The van der Waals surface area contributed by atoms with Crippen LogP contribution in [0, 0.1) is 5.82 Å². The Balaban J connectivity index is 2.19. The summed E-state index contributed by atoms with van der Waals surface area (Å²) in [5, 5.41) is 8.32. The number of hydrogen-bond acceptors (Lipinski definition) is 6. The van der Waals surface area contributed by atoms with Crippen molar-refractivity contribution in [2.24, 2.45) is 0 Å². The molecule has 0 bridgehead atoms. The molecule has 1 heterocycles. The van der Waals surface area contributed by atoms with Gasteiger partial charge in [0.1, 0.15) is 17.6 Å². The fraction of sp³-hybridized carbons (Fsp3) is 0.273. The quantitative estimate of drug-likeness (QED) is 0.624. The van der Waals surface area contributed by atoms with Crippen molar-refractivity contribution in [2.75, 3.05) is 12.0 Å². The predicted octanol–water partition coefficient (Wildman–Crippen LogP) is 3.99. The average Bonchev–Trinajstić information content (AvgIpc) is 3.26. The molecule has 0 aliphatic carbocycles. The maximum absolute atomic E-state index is 13.6. The number of carbonyl (C=O) groups excluding carboxylic acids is 2. The zero-order valence-electron chi connectivity index (χ0n) is 17.6. The maximum Gasteiger partial charge on any atom is 0.280 e. The molecule has 0 fully saturated rings. The first-order valence-corrected chi connectivity index (χ1v) is 10.4. The van der Waals surface area contributed by atoms with Gasteiger partial charge in [-0.15, -0.1) is 5.10 Å². The Morgan fingerprint density at radius 1 is 1.16 bits per heavy atom. The van der Waals surface area contributed by atoms with Crippen molar-refractivity contribution in [3.63, 3.8) is 0 Å². The lowest BCUT2D eigenvalue weighted by Crippen LogP contribution is -2.49. The van der Waals surface area contributed by atoms with Crippen LogP contribution in [-0.4, -0.2) is 34.1 Å². The molecular weight excluding hydrogens is 419 g/mol. The Hall–Kier alpha value is -3.33. The third-order valence-corrected chi connectivity index (χ3v) is 4.82. The summed E-state index contributed by atoms with van der Waals surface area (Å²) in [6, 6.07) is 11.2. The van der Waals surface area contributed by atoms with E-state index in [0.717, 1.165) is 11.5 Å². The second kappa shape index (κ2) is 9.22. The SMILES string of the molecule is COc1cccc(N(C(=O)c2csnn2)[C@@H](C(=O)NC(C)(C)C)c2ccc(F)cc2)c1. The van der Waals surface area contributed by atoms with Gasteiger partial charge in [-0.05, 0) is 62.1 Å². The number of aromatic nitrogens is 2. The number of carbonyl (C=O) groups is 2. The molecule has 2 aromatic carbocycles. The monoisotopic (exact) mass is 442 g/mol. The van der Waals surface area contributed by atoms with Crippen LogP contribution in [0.15, 0.2) is 53.9 Å². The van der Waals surface area contributed by atoms with Crippen molar-refractivity contribution < 1.29 is 18.7 Å². The molecule has 0 radical (unpaired) electrons. The van der Waals surface area contributed by atoms with Gasteiger partial charge in [-0.2, -0.15) is 0 Å². The summed E-state index contributed by atoms with van der Waals surface area (Å²) in [6.07, 6.45) is 0. The lowest BCUT2D eigenvalue weighted by Gasteiger charge is -2.33. The number of nitrogens with one attached hydrogen (secondary N) is 1. The van der Waals surface area contributed by atoms with E-state index in [1.807, 2.05) is 20.8 Å². The molecule has 0 unspecified atom stereocenters. The number of anilines is 1. The van der Waals surface area contributed by atoms with Crippen LogP contribution >= 0.6 is 11.5 Å². The fourth-order valence-corrected chi connectivity index (χ4v) is 3.46. The van der Waals surface area contributed by atoms with Crippen molar-refractivity contribution in [1.29, 1.82) is 0 Å². The van der Waals surface area contributed by atoms with Crippen molar-refractivity contribution in [1.82, 2.24) is 14.9 Å². The van der Waals surface area contributed by atoms with E-state index in [0.29, 0.717) is 17.0 Å². The second-order valence-electron chi connectivity index (χ2n) is 7.86. The highest BCUT2D eigenvalue weighted by Gasteiger charge is 2.36. The Kier molecular flexibility index (Phi) is 6.65. The molecule has 9 heteroatoms. The van der Waals surface area contributed by atoms with Crippen LogP contribution < -0.4 is 15.0 Å². The summed E-state index contributed by atoms with van der Waals surface area (Å²) in [5.74, 6) is -0.860. The highest BCUT2D eigenvalue weighted by atomic mass is 32.1. The van der Waals surface area contributed by atoms with Gasteiger partial charge in [0.05, 0.1) is 7.11 Å². The largest absolute Gasteiger partial charge is 0.497 e. The van der Waals surface area contributed by atoms with E-state index in [2.05, 4.69) is 14.9 Å². The number of benzene rings is 2. The van der Waals surface area contributed by atoms with Gasteiger partial charge in [0.15, 0.2) is 5.69 Å². The van der Waals surface area contributed by atoms with E-state index in [4.69, 9.17) is 4.74 Å². The Bertz CT molecular complexity index is 1050. The van der Waals surface area contributed by atoms with Crippen LogP contribution in [0.5, 0.6) is 5.75 Å². The van der Waals surface area contributed by atoms with Crippen LogP contribution in [0.2, 0.25) is 0 Å². The summed E-state index contributed by atoms with van der Waals surface area (Å²) in [4.78, 5) is 28.2. The molecule has 3 rings (SSSR count). The molecule has 0 saturated heterocycles. The lowest BCUT2D eigenvalue weighted by molar-refractivity contribution is -0.123. The van der Waals surface area contributed by atoms with E-state index in [1.54, 1.807) is 24.3 Å². The van der Waals surface area contributed by atoms with E-state index in [1.165, 1.54) is 41.7 Å². The molecule has 0 aliphatic rings. The molecule has 31 heavy (non-hydrogen) atoms. The number of rotatable bonds is 6. The highest BCUT2D eigenvalue weighted by molar-refractivity contribution is 7.03. The minimum atomic E-state index is -1.08. The van der Waals surface area contributed by atoms with Crippen molar-refractivity contribution >= 4 is 29.0 Å². The molecule has 1 aromatic heterocycles. The smallest absolute Gasteiger partial charge is 0.280 e. The maximum atomic E-state index is 13.6. The van der Waals surface area contributed by atoms with Crippen LogP contribution in [0.4, 0.5) is 10.1 Å². The first kappa shape index (κ1) is 22.4. The number of nitrogens with zero attached hydrogens (tertiary/aromatic N) is 3. The standard InChI is InChI=1S/C22H23FN4O3S/c1-22(2,3)24-20(28)19(14-8-10-15(23)11-9-14)27(21(29)18-13-31-26-25-18)16-6-5-7-17(12-16)30-4/h5-13,19H,1-4H3,(H,24,28)/t19-/m1/s1. The number of halogens is 1. The highest BCUT2D eigenvalue weighted by Crippen LogP contribution is 2.32. The molecule has 0 spiro atoms. The first-order chi connectivity index (χ1) is 14.7. The third-order valence-electron chi connectivity index (χ3n) is 4.32. The average molecular weight is 443 g/mol. The van der Waals surface area contributed by atoms with E-state index in [9.17, 15) is 14.0 Å². The summed E-state index contributed by atoms with van der Waals surface area (Å²) < 4.78 is 22.7. The molecular formula is C22H23FN4O3S. The molecule has 0 saturated carbocycles. The minimum Gasteiger partial charge on any atom is -0.497 e. The summed E-state index contributed by atoms with van der Waals surface area (Å²) in [5.41, 5.74) is 0.419. The molecule has 0 aliphatic heterocycles. The van der Waals surface area contributed by atoms with E-state index >= 15 is 0 Å². The summed E-state index contributed by atoms with van der Waals surface area (Å²) in [7, 11) is 1.51. The van der Waals surface area contributed by atoms with Gasteiger partial charge in [-0.1, -0.05) is 22.7 Å². The van der Waals surface area contributed by atoms with Gasteiger partial charge >= 0.3 is 0 Å². The molecule has 162 valence electrons. The first-order valence-electron chi connectivity index (χ1n) is 9.52. The van der Waals surface area contributed by atoms with Gasteiger partial charge in [0, 0.05) is 22.7 Å². The number of methoxy groups -OCH3 is 1. The van der Waals surface area contributed by atoms with Crippen molar-refractivity contribution in [3.8, 4) is 5.75 Å². The van der Waals surface area contributed by atoms with Gasteiger partial charge in [0.25, 0.3) is 5.91 Å². The lowest BCUT2D eigenvalue weighted by atomic mass is 10.0. The second-order valence-corrected chi connectivity index (χ2v) is 8.47. The number of hydrogen-bond donors (Lipinski definition) is 1. The summed E-state index contributed by atoms with van der Waals surface area (Å²) >= 11 is 1.03. The topological polar surface area (TPSA) is 84.4 Å². The zero-order chi connectivity index (χ0) is 22.6. The predicted molar refractivity (Wildman–Crippen MR) is 117 cm³/mol. The Labute approximate surface area is 184 Å². The number of amides is 2. The minimum absolute atomic E-state index is 0.100. The van der Waals surface area contributed by atoms with Crippen LogP contribution in [0.3, 0.4) is 0 Å². The van der Waals surface area contributed by atoms with Crippen LogP contribution in [0.1, 0.15) is 42.9 Å². The van der Waals surface area contributed by atoms with Gasteiger partial charge in [-0.3, -0.25) is 14.5 Å². The normalized spacial score (nSPS) is 12.2. The molecule has 2 amide bonds. The molecule has 7 nitrogen and oxygen atoms in total. The Morgan fingerprint density at radius 2 is 1.87 bits per heavy atom. The zero-order valence-corrected chi connectivity index (χ0v) is 18.4. The van der Waals surface area contributed by atoms with Crippen LogP contribution in [-0.2, 0) is 4.79 Å². The van der Waals surface area contributed by atoms with Gasteiger partial charge in [-0.25, -0.2) is 4.39 Å². The van der Waals surface area contributed by atoms with Crippen LogP contribution in [0.25, 0.3) is 0 Å². The van der Waals surface area contributed by atoms with Gasteiger partial charge < -0.3 is 10.1 Å². The van der Waals surface area contributed by atoms with Crippen molar-refractivity contribution in [2.45, 2.75) is 32.4 Å². The fourth-order valence-electron chi connectivity index (χ4n) is 3.03. The Morgan fingerprint density at radius 3 is 2.45 bits per heavy atom. The third kappa shape index (κ3) is 5.43. The van der Waals surface area contributed by atoms with E-state index in [-0.39, 0.29) is 5.69 Å². The number of ether oxygens (including phenoxy) is 1. The summed E-state index contributed by atoms with van der Waals surface area (Å²) in [6.45, 7) is 5.53.